The lowest BCUT2D eigenvalue weighted by Gasteiger charge is -2.41. The van der Waals surface area contributed by atoms with Crippen LogP contribution in [0.4, 0.5) is 0 Å². The highest BCUT2D eigenvalue weighted by Crippen LogP contribution is 2.30. The van der Waals surface area contributed by atoms with Crippen LogP contribution in [0.15, 0.2) is 0 Å². The van der Waals surface area contributed by atoms with Crippen LogP contribution >= 0.6 is 0 Å². The molecule has 1 heterocycles. The lowest BCUT2D eigenvalue weighted by atomic mass is 10.2. The molecule has 0 amide bonds. The van der Waals surface area contributed by atoms with E-state index in [-0.39, 0.29) is 4.09 Å². The van der Waals surface area contributed by atoms with Gasteiger partial charge in [-0.2, -0.15) is 0 Å². The van der Waals surface area contributed by atoms with Gasteiger partial charge in [0.25, 0.3) is 0 Å². The van der Waals surface area contributed by atoms with E-state index in [1.165, 1.54) is 17.0 Å². The lowest BCUT2D eigenvalue weighted by Crippen LogP contribution is -2.57. The van der Waals surface area contributed by atoms with Gasteiger partial charge in [-0.05, 0) is 19.3 Å². The molecule has 0 aromatic heterocycles. The summed E-state index contributed by atoms with van der Waals surface area (Å²) in [4.78, 5) is 0. The second-order valence-corrected chi connectivity index (χ2v) is 11.8. The van der Waals surface area contributed by atoms with Crippen molar-refractivity contribution in [1.82, 2.24) is 0 Å². The summed E-state index contributed by atoms with van der Waals surface area (Å²) in [6, 6.07) is 0. The van der Waals surface area contributed by atoms with Gasteiger partial charge < -0.3 is 14.9 Å². The van der Waals surface area contributed by atoms with Gasteiger partial charge >= 0.3 is 14.1 Å². The molecular formula is C10H23AlO3Si. The normalized spacial score (nSPS) is 27.8. The molecule has 1 fully saturated rings. The molecule has 88 valence electrons. The van der Waals surface area contributed by atoms with E-state index in [9.17, 15) is 10.2 Å². The van der Waals surface area contributed by atoms with Crippen molar-refractivity contribution < 1.29 is 14.9 Å². The highest BCUT2D eigenvalue weighted by Gasteiger charge is 2.44. The minimum Gasteiger partial charge on any atom is -0.393 e. The van der Waals surface area contributed by atoms with Crippen molar-refractivity contribution >= 4 is 23.7 Å². The van der Waals surface area contributed by atoms with Crippen LogP contribution < -0.4 is 0 Å². The van der Waals surface area contributed by atoms with Crippen LogP contribution in [0.2, 0.25) is 10.6 Å². The first-order valence-electron chi connectivity index (χ1n) is 6.14. The van der Waals surface area contributed by atoms with Crippen molar-refractivity contribution in [2.75, 3.05) is 6.61 Å². The Bertz CT molecular complexity index is 180. The molecule has 0 bridgehead atoms. The Morgan fingerprint density at radius 1 is 1.33 bits per heavy atom. The number of hydrogen-bond acceptors (Lipinski definition) is 3. The summed E-state index contributed by atoms with van der Waals surface area (Å²) in [5.74, 6) is -1.07. The van der Waals surface area contributed by atoms with Crippen molar-refractivity contribution in [3.8, 4) is 0 Å². The summed E-state index contributed by atoms with van der Waals surface area (Å²) in [6.45, 7) is 5.31. The van der Waals surface area contributed by atoms with Crippen molar-refractivity contribution in [2.24, 2.45) is 0 Å². The Balaban J connectivity index is 2.73. The quantitative estimate of drug-likeness (QED) is 0.545. The van der Waals surface area contributed by atoms with E-state index in [1.54, 1.807) is 0 Å². The molecule has 15 heavy (non-hydrogen) atoms. The van der Waals surface area contributed by atoms with Crippen LogP contribution in [0, 0.1) is 0 Å². The molecule has 0 aromatic rings. The number of ether oxygens (including phenoxy) is 1. The maximum Gasteiger partial charge on any atom is 0.305 e. The Morgan fingerprint density at radius 2 is 2.00 bits per heavy atom. The third-order valence-electron chi connectivity index (χ3n) is 3.64. The van der Waals surface area contributed by atoms with Crippen LogP contribution in [0.1, 0.15) is 33.1 Å². The highest BCUT2D eigenvalue weighted by atomic mass is 28.2. The van der Waals surface area contributed by atoms with Crippen molar-refractivity contribution in [1.29, 1.82) is 0 Å². The van der Waals surface area contributed by atoms with E-state index < -0.39 is 29.6 Å². The molecule has 1 unspecified atom stereocenters. The summed E-state index contributed by atoms with van der Waals surface area (Å²) >= 11 is -0.946. The predicted molar refractivity (Wildman–Crippen MR) is 66.0 cm³/mol. The second kappa shape index (κ2) is 6.39. The average molecular weight is 246 g/mol. The number of hydrogen-bond donors (Lipinski definition) is 2. The lowest BCUT2D eigenvalue weighted by molar-refractivity contribution is -0.00471. The topological polar surface area (TPSA) is 49.7 Å². The summed E-state index contributed by atoms with van der Waals surface area (Å²) in [5, 5.41) is 21.0. The minimum absolute atomic E-state index is 0.00405. The van der Waals surface area contributed by atoms with Gasteiger partial charge in [-0.25, -0.2) is 0 Å². The average Bonchev–Trinajstić information content (AvgIpc) is 2.19. The van der Waals surface area contributed by atoms with Crippen LogP contribution in [-0.2, 0) is 4.74 Å². The Hall–Kier alpha value is 0.629. The van der Waals surface area contributed by atoms with Gasteiger partial charge in [0.05, 0.1) is 0 Å². The van der Waals surface area contributed by atoms with Crippen molar-refractivity contribution in [2.45, 2.75) is 53.7 Å². The molecule has 1 atom stereocenters. The summed E-state index contributed by atoms with van der Waals surface area (Å²) in [5.41, 5.74) is 0. The van der Waals surface area contributed by atoms with E-state index in [0.29, 0.717) is 0 Å². The van der Waals surface area contributed by atoms with Gasteiger partial charge in [-0.1, -0.05) is 24.4 Å². The Kier molecular flexibility index (Phi) is 5.83. The number of aliphatic hydroxyl groups is 2. The predicted octanol–water partition coefficient (Wildman–Crippen LogP) is 0.394. The third-order valence-corrected chi connectivity index (χ3v) is 11.6. The molecule has 1 aliphatic rings. The van der Waals surface area contributed by atoms with E-state index in [2.05, 4.69) is 13.8 Å². The fourth-order valence-corrected chi connectivity index (χ4v) is 10.9. The maximum atomic E-state index is 9.27. The first-order chi connectivity index (χ1) is 7.14. The van der Waals surface area contributed by atoms with Crippen molar-refractivity contribution in [3.63, 3.8) is 0 Å². The zero-order valence-electron chi connectivity index (χ0n) is 9.91. The van der Waals surface area contributed by atoms with Crippen molar-refractivity contribution in [3.05, 3.63) is 0 Å². The van der Waals surface area contributed by atoms with Crippen LogP contribution in [0.3, 0.4) is 0 Å². The molecule has 0 aromatic carbocycles. The molecule has 0 radical (unpaired) electrons. The van der Waals surface area contributed by atoms with Gasteiger partial charge in [0.2, 0.25) is 0 Å². The van der Waals surface area contributed by atoms with Gasteiger partial charge in [0.1, 0.15) is 15.4 Å². The summed E-state index contributed by atoms with van der Waals surface area (Å²) < 4.78 is 6.02. The van der Waals surface area contributed by atoms with Crippen LogP contribution in [0.5, 0.6) is 0 Å². The molecule has 2 N–H and O–H groups in total. The molecular weight excluding hydrogens is 223 g/mol. The molecule has 1 aliphatic heterocycles. The standard InChI is InChI=1S/C6H13O3Si.2C2H5.Al/c7-6(8)10-5-3-1-2-4-9-5;2*1-2;/h6-8H,1-4,10H2;2*1H2,2H3;. The van der Waals surface area contributed by atoms with Crippen LogP contribution in [0.25, 0.3) is 0 Å². The monoisotopic (exact) mass is 246 g/mol. The smallest absolute Gasteiger partial charge is 0.305 e. The zero-order valence-corrected chi connectivity index (χ0v) is 12.5. The molecule has 1 saturated heterocycles. The van der Waals surface area contributed by atoms with E-state index in [0.717, 1.165) is 19.4 Å². The maximum absolute atomic E-state index is 9.27. The van der Waals surface area contributed by atoms with Gasteiger partial charge in [0.15, 0.2) is 0 Å². The van der Waals surface area contributed by atoms with E-state index >= 15 is 0 Å². The molecule has 3 nitrogen and oxygen atoms in total. The number of aliphatic hydroxyl groups excluding tert-OH is 1. The van der Waals surface area contributed by atoms with Gasteiger partial charge in [0, 0.05) is 10.7 Å². The molecule has 0 saturated carbocycles. The fraction of sp³-hybridized carbons (Fsp3) is 1.00. The third kappa shape index (κ3) is 3.55. The summed E-state index contributed by atoms with van der Waals surface area (Å²) in [7, 11) is -0.925. The summed E-state index contributed by atoms with van der Waals surface area (Å²) in [6.07, 6.45) is 3.45. The largest absolute Gasteiger partial charge is 0.393 e. The minimum atomic E-state index is -1.07. The fourth-order valence-electron chi connectivity index (χ4n) is 2.87. The Morgan fingerprint density at radius 3 is 2.40 bits per heavy atom. The van der Waals surface area contributed by atoms with E-state index in [1.807, 2.05) is 0 Å². The molecule has 5 heteroatoms. The van der Waals surface area contributed by atoms with E-state index in [4.69, 9.17) is 4.74 Å². The zero-order chi connectivity index (χ0) is 11.3. The van der Waals surface area contributed by atoms with Gasteiger partial charge in [-0.3, -0.25) is 0 Å². The second-order valence-electron chi connectivity index (χ2n) is 4.57. The molecule has 0 spiro atoms. The first kappa shape index (κ1) is 13.7. The first-order valence-corrected chi connectivity index (χ1v) is 9.88. The van der Waals surface area contributed by atoms with Gasteiger partial charge in [-0.15, -0.1) is 0 Å². The van der Waals surface area contributed by atoms with Crippen LogP contribution in [-0.4, -0.2) is 50.5 Å². The SMILES string of the molecule is C[CH2][Al]([CH2]C)[C]1([SiH2]C(O)O)CCCCO1. The number of rotatable bonds is 5. The molecule has 1 rings (SSSR count). The molecule has 0 aliphatic carbocycles. The highest BCUT2D eigenvalue weighted by molar-refractivity contribution is 6.74. The Labute approximate surface area is 99.0 Å².